The van der Waals surface area contributed by atoms with Gasteiger partial charge in [-0.3, -0.25) is 0 Å². The van der Waals surface area contributed by atoms with Crippen molar-refractivity contribution in [2.45, 2.75) is 17.9 Å². The summed E-state index contributed by atoms with van der Waals surface area (Å²) in [5.41, 5.74) is 5.72. The monoisotopic (exact) mass is 362 g/mol. The average Bonchev–Trinajstić information content (AvgIpc) is 2.86. The zero-order valence-corrected chi connectivity index (χ0v) is 12.8. The second kappa shape index (κ2) is 5.51. The molecule has 1 aromatic carbocycles. The first-order valence-electron chi connectivity index (χ1n) is 5.57. The Morgan fingerprint density at radius 3 is 2.80 bits per heavy atom. The van der Waals surface area contributed by atoms with E-state index in [1.54, 1.807) is 13.1 Å². The van der Waals surface area contributed by atoms with Crippen LogP contribution in [0.3, 0.4) is 0 Å². The maximum Gasteiger partial charge on any atom is 0.244 e. The summed E-state index contributed by atoms with van der Waals surface area (Å²) in [7, 11) is -4.04. The smallest absolute Gasteiger partial charge is 0.244 e. The van der Waals surface area contributed by atoms with E-state index in [-0.39, 0.29) is 5.69 Å². The quantitative estimate of drug-likeness (QED) is 0.723. The normalized spacial score (nSPS) is 13.3. The molecule has 9 heteroatoms. The predicted molar refractivity (Wildman–Crippen MR) is 75.8 cm³/mol. The van der Waals surface area contributed by atoms with Crippen LogP contribution in [0.25, 0.3) is 0 Å². The topological polar surface area (TPSA) is 101 Å². The molecule has 1 heterocycles. The van der Waals surface area contributed by atoms with Crippen molar-refractivity contribution in [1.29, 1.82) is 0 Å². The molecule has 108 valence electrons. The summed E-state index contributed by atoms with van der Waals surface area (Å²) in [6.45, 7) is 1.59. The van der Waals surface area contributed by atoms with Crippen molar-refractivity contribution < 1.29 is 12.8 Å². The summed E-state index contributed by atoms with van der Waals surface area (Å²) in [5, 5.41) is 0. The fraction of sp³-hybridized carbons (Fsp3) is 0.182. The van der Waals surface area contributed by atoms with Crippen molar-refractivity contribution in [2.75, 3.05) is 5.73 Å². The number of nitrogens with two attached hydrogens (primary N) is 1. The Kier molecular flexibility index (Phi) is 4.11. The van der Waals surface area contributed by atoms with Crippen LogP contribution in [0, 0.1) is 5.82 Å². The lowest BCUT2D eigenvalue weighted by molar-refractivity contribution is 0.543. The van der Waals surface area contributed by atoms with Crippen LogP contribution in [0.1, 0.15) is 18.8 Å². The molecule has 0 spiro atoms. The maximum absolute atomic E-state index is 13.8. The number of nitrogens with one attached hydrogen (secondary N) is 2. The van der Waals surface area contributed by atoms with Crippen LogP contribution in [0.15, 0.2) is 33.9 Å². The van der Waals surface area contributed by atoms with E-state index in [9.17, 15) is 12.8 Å². The van der Waals surface area contributed by atoms with Crippen molar-refractivity contribution in [3.05, 3.63) is 40.6 Å². The average molecular weight is 363 g/mol. The van der Waals surface area contributed by atoms with Crippen molar-refractivity contribution in [3.63, 3.8) is 0 Å². The minimum Gasteiger partial charge on any atom is -0.398 e. The van der Waals surface area contributed by atoms with Gasteiger partial charge in [-0.05, 0) is 35.0 Å². The Hall–Kier alpha value is -1.45. The van der Waals surface area contributed by atoms with E-state index in [0.717, 1.165) is 12.1 Å². The van der Waals surface area contributed by atoms with Crippen LogP contribution in [0.2, 0.25) is 0 Å². The van der Waals surface area contributed by atoms with Gasteiger partial charge in [0.1, 0.15) is 16.5 Å². The Labute approximate surface area is 123 Å². The van der Waals surface area contributed by atoms with E-state index in [0.29, 0.717) is 10.3 Å². The highest BCUT2D eigenvalue weighted by Gasteiger charge is 2.24. The largest absolute Gasteiger partial charge is 0.398 e. The van der Waals surface area contributed by atoms with Gasteiger partial charge in [0.15, 0.2) is 0 Å². The molecule has 0 aliphatic carbocycles. The van der Waals surface area contributed by atoms with Gasteiger partial charge in [-0.25, -0.2) is 22.5 Å². The molecule has 0 aliphatic heterocycles. The molecule has 1 unspecified atom stereocenters. The molecule has 0 saturated heterocycles. The molecule has 1 aromatic heterocycles. The number of H-pyrrole nitrogens is 1. The zero-order chi connectivity index (χ0) is 14.9. The highest BCUT2D eigenvalue weighted by molar-refractivity contribution is 9.10. The number of rotatable bonds is 4. The van der Waals surface area contributed by atoms with Crippen LogP contribution in [-0.4, -0.2) is 18.4 Å². The molecular formula is C11H12BrFN4O2S. The first-order valence-corrected chi connectivity index (χ1v) is 7.85. The van der Waals surface area contributed by atoms with Crippen molar-refractivity contribution >= 4 is 31.6 Å². The summed E-state index contributed by atoms with van der Waals surface area (Å²) >= 11 is 3.03. The number of aromatic nitrogens is 2. The number of aromatic amines is 1. The lowest BCUT2D eigenvalue weighted by atomic mass is 10.3. The molecule has 0 radical (unpaired) electrons. The standard InChI is InChI=1S/C11H12BrFN4O2S/c1-6(11-15-2-3-16-11)17-20(18,19)10-5-9(14)7(12)4-8(10)13/h2-6,17H,14H2,1H3,(H,15,16). The lowest BCUT2D eigenvalue weighted by Crippen LogP contribution is -2.28. The van der Waals surface area contributed by atoms with E-state index in [1.807, 2.05) is 0 Å². The summed E-state index contributed by atoms with van der Waals surface area (Å²) in [4.78, 5) is 6.22. The molecule has 0 aliphatic rings. The summed E-state index contributed by atoms with van der Waals surface area (Å²) in [5.74, 6) is -0.454. The fourth-order valence-electron chi connectivity index (χ4n) is 1.62. The first kappa shape index (κ1) is 14.9. The number of hydrogen-bond donors (Lipinski definition) is 3. The van der Waals surface area contributed by atoms with Crippen LogP contribution >= 0.6 is 15.9 Å². The van der Waals surface area contributed by atoms with Gasteiger partial charge in [-0.2, -0.15) is 0 Å². The molecule has 1 atom stereocenters. The number of sulfonamides is 1. The number of anilines is 1. The van der Waals surface area contributed by atoms with Gasteiger partial charge in [-0.15, -0.1) is 0 Å². The second-order valence-electron chi connectivity index (χ2n) is 4.12. The Morgan fingerprint density at radius 2 is 2.20 bits per heavy atom. The molecule has 2 aromatic rings. The van der Waals surface area contributed by atoms with Gasteiger partial charge in [-0.1, -0.05) is 0 Å². The van der Waals surface area contributed by atoms with E-state index in [2.05, 4.69) is 30.6 Å². The van der Waals surface area contributed by atoms with Crippen LogP contribution in [0.4, 0.5) is 10.1 Å². The van der Waals surface area contributed by atoms with Gasteiger partial charge in [0.2, 0.25) is 10.0 Å². The maximum atomic E-state index is 13.8. The van der Waals surface area contributed by atoms with Crippen molar-refractivity contribution in [1.82, 2.24) is 14.7 Å². The van der Waals surface area contributed by atoms with Gasteiger partial charge >= 0.3 is 0 Å². The molecule has 20 heavy (non-hydrogen) atoms. The Balaban J connectivity index is 2.34. The van der Waals surface area contributed by atoms with E-state index in [4.69, 9.17) is 5.73 Å². The number of hydrogen-bond acceptors (Lipinski definition) is 4. The third kappa shape index (κ3) is 3.00. The second-order valence-corrected chi connectivity index (χ2v) is 6.66. The van der Waals surface area contributed by atoms with Gasteiger partial charge < -0.3 is 10.7 Å². The number of halogens is 2. The Morgan fingerprint density at radius 1 is 1.50 bits per heavy atom. The summed E-state index contributed by atoms with van der Waals surface area (Å²) in [6, 6.07) is 1.46. The lowest BCUT2D eigenvalue weighted by Gasteiger charge is -2.13. The van der Waals surface area contributed by atoms with Crippen LogP contribution in [-0.2, 0) is 10.0 Å². The third-order valence-corrected chi connectivity index (χ3v) is 4.84. The van der Waals surface area contributed by atoms with Gasteiger partial charge in [0.25, 0.3) is 0 Å². The molecule has 0 fully saturated rings. The minimum absolute atomic E-state index is 0.137. The zero-order valence-electron chi connectivity index (χ0n) is 10.4. The van der Waals surface area contributed by atoms with Gasteiger partial charge in [0, 0.05) is 22.6 Å². The van der Waals surface area contributed by atoms with Crippen molar-refractivity contribution in [2.24, 2.45) is 0 Å². The molecule has 6 nitrogen and oxygen atoms in total. The number of benzene rings is 1. The van der Waals surface area contributed by atoms with Gasteiger partial charge in [0.05, 0.1) is 6.04 Å². The third-order valence-electron chi connectivity index (χ3n) is 2.60. The number of nitrogens with zero attached hydrogens (tertiary/aromatic N) is 1. The fourth-order valence-corrected chi connectivity index (χ4v) is 3.23. The van der Waals surface area contributed by atoms with Crippen LogP contribution in [0.5, 0.6) is 0 Å². The summed E-state index contributed by atoms with van der Waals surface area (Å²) in [6.07, 6.45) is 3.07. The summed E-state index contributed by atoms with van der Waals surface area (Å²) < 4.78 is 40.7. The van der Waals surface area contributed by atoms with E-state index in [1.165, 1.54) is 6.20 Å². The predicted octanol–water partition coefficient (Wildman–Crippen LogP) is 1.93. The minimum atomic E-state index is -4.04. The number of nitrogen functional groups attached to an aromatic ring is 1. The molecule has 0 bridgehead atoms. The SMILES string of the molecule is CC(NS(=O)(=O)c1cc(N)c(Br)cc1F)c1ncc[nH]1. The molecule has 4 N–H and O–H groups in total. The highest BCUT2D eigenvalue weighted by atomic mass is 79.9. The highest BCUT2D eigenvalue weighted by Crippen LogP contribution is 2.26. The van der Waals surface area contributed by atoms with Crippen molar-refractivity contribution in [3.8, 4) is 0 Å². The molecule has 0 saturated carbocycles. The number of imidazole rings is 1. The molecular weight excluding hydrogens is 351 g/mol. The first-order chi connectivity index (χ1) is 9.31. The Bertz CT molecular complexity index is 718. The molecule has 0 amide bonds. The molecule has 2 rings (SSSR count). The van der Waals surface area contributed by atoms with E-state index < -0.39 is 26.8 Å². The van der Waals surface area contributed by atoms with Crippen LogP contribution < -0.4 is 10.5 Å². The van der Waals surface area contributed by atoms with E-state index >= 15 is 0 Å².